The largest absolute Gasteiger partial charge is 0.386 e. The van der Waals surface area contributed by atoms with Crippen LogP contribution in [0.15, 0.2) is 0 Å². The molecule has 1 aliphatic carbocycles. The highest BCUT2D eigenvalue weighted by Gasteiger charge is 2.41. The Balaban J connectivity index is 1.56. The Kier molecular flexibility index (Phi) is 5.20. The summed E-state index contributed by atoms with van der Waals surface area (Å²) in [6.45, 7) is 4.55. The first-order chi connectivity index (χ1) is 10.2. The molecule has 5 atom stereocenters. The Morgan fingerprint density at radius 2 is 2.00 bits per heavy atom. The molecule has 3 fully saturated rings. The minimum atomic E-state index is -0.665. The van der Waals surface area contributed by atoms with Gasteiger partial charge in [0.25, 0.3) is 0 Å². The van der Waals surface area contributed by atoms with Gasteiger partial charge in [-0.25, -0.2) is 0 Å². The van der Waals surface area contributed by atoms with Crippen LogP contribution < -0.4 is 10.6 Å². The van der Waals surface area contributed by atoms with E-state index in [2.05, 4.69) is 10.6 Å². The van der Waals surface area contributed by atoms with E-state index in [0.717, 1.165) is 12.3 Å². The topological polar surface area (TPSA) is 53.5 Å². The molecule has 2 saturated heterocycles. The molecule has 0 spiro atoms. The van der Waals surface area contributed by atoms with Gasteiger partial charge in [-0.05, 0) is 45.1 Å². The molecule has 2 aliphatic heterocycles. The zero-order chi connectivity index (χ0) is 14.7. The Morgan fingerprint density at radius 1 is 1.19 bits per heavy atom. The number of ether oxygens (including phenoxy) is 1. The number of piperidine rings is 1. The molecular weight excluding hydrogens is 264 g/mol. The lowest BCUT2D eigenvalue weighted by Crippen LogP contribution is -2.55. The van der Waals surface area contributed by atoms with Crippen molar-refractivity contribution in [3.05, 3.63) is 0 Å². The van der Waals surface area contributed by atoms with Crippen LogP contribution in [0.3, 0.4) is 0 Å². The van der Waals surface area contributed by atoms with E-state index in [-0.39, 0.29) is 6.10 Å². The van der Waals surface area contributed by atoms with Crippen LogP contribution >= 0.6 is 0 Å². The molecule has 122 valence electrons. The van der Waals surface area contributed by atoms with E-state index >= 15 is 0 Å². The first-order valence-corrected chi connectivity index (χ1v) is 9.00. The Labute approximate surface area is 129 Å². The van der Waals surface area contributed by atoms with Crippen molar-refractivity contribution in [3.8, 4) is 0 Å². The summed E-state index contributed by atoms with van der Waals surface area (Å²) in [6, 6.07) is 1.25. The molecule has 4 heteroatoms. The molecule has 3 aliphatic rings. The van der Waals surface area contributed by atoms with Crippen molar-refractivity contribution in [2.75, 3.05) is 19.7 Å². The smallest absolute Gasteiger partial charge is 0.105 e. The Hall–Kier alpha value is -0.160. The molecule has 2 heterocycles. The Bertz CT molecular complexity index is 333. The quantitative estimate of drug-likeness (QED) is 0.741. The lowest BCUT2D eigenvalue weighted by molar-refractivity contribution is -0.0301. The molecular formula is C17H32N2O2. The van der Waals surface area contributed by atoms with Gasteiger partial charge in [0.2, 0.25) is 0 Å². The van der Waals surface area contributed by atoms with Crippen LogP contribution in [0, 0.1) is 5.92 Å². The van der Waals surface area contributed by atoms with Crippen LogP contribution in [0.25, 0.3) is 0 Å². The standard InChI is InChI=1S/C17H32N2O2/c1-13-17(20,9-11-21-13)12-19-16-7-3-2-6-14(16)15-8-4-5-10-18-15/h13-16,18-20H,2-12H2,1H3. The summed E-state index contributed by atoms with van der Waals surface area (Å²) in [5.41, 5.74) is -0.665. The number of rotatable bonds is 4. The SMILES string of the molecule is CC1OCCC1(O)CNC1CCCCC1C1CCCCN1. The lowest BCUT2D eigenvalue weighted by atomic mass is 9.77. The molecule has 1 saturated carbocycles. The van der Waals surface area contributed by atoms with Gasteiger partial charge < -0.3 is 20.5 Å². The molecule has 0 aromatic carbocycles. The van der Waals surface area contributed by atoms with E-state index in [4.69, 9.17) is 4.74 Å². The zero-order valence-electron chi connectivity index (χ0n) is 13.4. The van der Waals surface area contributed by atoms with Crippen LogP contribution in [0.2, 0.25) is 0 Å². The molecule has 0 radical (unpaired) electrons. The minimum absolute atomic E-state index is 0.0418. The highest BCUT2D eigenvalue weighted by molar-refractivity contribution is 4.96. The molecule has 0 bridgehead atoms. The third kappa shape index (κ3) is 3.61. The average Bonchev–Trinajstić information content (AvgIpc) is 2.86. The van der Waals surface area contributed by atoms with E-state index in [1.54, 1.807) is 0 Å². The fourth-order valence-corrected chi connectivity index (χ4v) is 4.45. The fourth-order valence-electron chi connectivity index (χ4n) is 4.45. The van der Waals surface area contributed by atoms with Crippen molar-refractivity contribution in [1.82, 2.24) is 10.6 Å². The molecule has 4 nitrogen and oxygen atoms in total. The third-order valence-electron chi connectivity index (χ3n) is 6.01. The maximum atomic E-state index is 10.7. The Morgan fingerprint density at radius 3 is 2.71 bits per heavy atom. The number of hydrogen-bond donors (Lipinski definition) is 3. The van der Waals surface area contributed by atoms with Crippen LogP contribution in [-0.2, 0) is 4.74 Å². The van der Waals surface area contributed by atoms with E-state index < -0.39 is 5.60 Å². The van der Waals surface area contributed by atoms with Crippen LogP contribution in [-0.4, -0.2) is 48.6 Å². The molecule has 0 amide bonds. The van der Waals surface area contributed by atoms with Crippen LogP contribution in [0.4, 0.5) is 0 Å². The van der Waals surface area contributed by atoms with Gasteiger partial charge >= 0.3 is 0 Å². The highest BCUT2D eigenvalue weighted by Crippen LogP contribution is 2.32. The number of hydrogen-bond acceptors (Lipinski definition) is 4. The first-order valence-electron chi connectivity index (χ1n) is 9.00. The zero-order valence-corrected chi connectivity index (χ0v) is 13.4. The van der Waals surface area contributed by atoms with Gasteiger partial charge in [0, 0.05) is 31.7 Å². The molecule has 5 unspecified atom stereocenters. The maximum absolute atomic E-state index is 10.7. The van der Waals surface area contributed by atoms with Crippen molar-refractivity contribution >= 4 is 0 Å². The average molecular weight is 296 g/mol. The molecule has 0 aromatic heterocycles. The van der Waals surface area contributed by atoms with E-state index in [9.17, 15) is 5.11 Å². The molecule has 3 rings (SSSR count). The van der Waals surface area contributed by atoms with E-state index in [1.807, 2.05) is 6.92 Å². The summed E-state index contributed by atoms with van der Waals surface area (Å²) in [7, 11) is 0. The second kappa shape index (κ2) is 6.95. The van der Waals surface area contributed by atoms with E-state index in [0.29, 0.717) is 25.2 Å². The predicted octanol–water partition coefficient (Wildman–Crippen LogP) is 1.82. The monoisotopic (exact) mass is 296 g/mol. The van der Waals surface area contributed by atoms with Gasteiger partial charge in [0.05, 0.1) is 6.10 Å². The summed E-state index contributed by atoms with van der Waals surface area (Å²) >= 11 is 0. The normalized spacial score (nSPS) is 44.9. The van der Waals surface area contributed by atoms with Crippen molar-refractivity contribution < 1.29 is 9.84 Å². The third-order valence-corrected chi connectivity index (χ3v) is 6.01. The summed E-state index contributed by atoms with van der Waals surface area (Å²) in [5.74, 6) is 0.736. The summed E-state index contributed by atoms with van der Waals surface area (Å²) in [6.07, 6.45) is 10.0. The number of nitrogens with one attached hydrogen (secondary N) is 2. The summed E-state index contributed by atoms with van der Waals surface area (Å²) in [4.78, 5) is 0. The predicted molar refractivity (Wildman–Crippen MR) is 84.4 cm³/mol. The van der Waals surface area contributed by atoms with Gasteiger partial charge in [-0.1, -0.05) is 19.3 Å². The van der Waals surface area contributed by atoms with Crippen molar-refractivity contribution in [2.24, 2.45) is 5.92 Å². The van der Waals surface area contributed by atoms with Gasteiger partial charge in [-0.3, -0.25) is 0 Å². The molecule has 0 aromatic rings. The van der Waals surface area contributed by atoms with Gasteiger partial charge in [-0.15, -0.1) is 0 Å². The summed E-state index contributed by atoms with van der Waals surface area (Å²) < 4.78 is 5.55. The second-order valence-electron chi connectivity index (χ2n) is 7.36. The van der Waals surface area contributed by atoms with Crippen molar-refractivity contribution in [3.63, 3.8) is 0 Å². The van der Waals surface area contributed by atoms with E-state index in [1.165, 1.54) is 51.5 Å². The van der Waals surface area contributed by atoms with Crippen molar-refractivity contribution in [2.45, 2.75) is 82.1 Å². The summed E-state index contributed by atoms with van der Waals surface area (Å²) in [5, 5.41) is 18.1. The molecule has 21 heavy (non-hydrogen) atoms. The first kappa shape index (κ1) is 15.7. The van der Waals surface area contributed by atoms with Gasteiger partial charge in [0.1, 0.15) is 5.60 Å². The van der Waals surface area contributed by atoms with Crippen LogP contribution in [0.1, 0.15) is 58.3 Å². The maximum Gasteiger partial charge on any atom is 0.105 e. The fraction of sp³-hybridized carbons (Fsp3) is 1.00. The lowest BCUT2D eigenvalue weighted by Gasteiger charge is -2.41. The number of aliphatic hydroxyl groups is 1. The van der Waals surface area contributed by atoms with Gasteiger partial charge in [-0.2, -0.15) is 0 Å². The van der Waals surface area contributed by atoms with Crippen LogP contribution in [0.5, 0.6) is 0 Å². The highest BCUT2D eigenvalue weighted by atomic mass is 16.5. The second-order valence-corrected chi connectivity index (χ2v) is 7.36. The van der Waals surface area contributed by atoms with Gasteiger partial charge in [0.15, 0.2) is 0 Å². The molecule has 3 N–H and O–H groups in total. The van der Waals surface area contributed by atoms with Crippen molar-refractivity contribution in [1.29, 1.82) is 0 Å². The minimum Gasteiger partial charge on any atom is -0.386 e.